The average Bonchev–Trinajstić information content (AvgIpc) is 2.88. The Hall–Kier alpha value is -2.67. The van der Waals surface area contributed by atoms with Crippen LogP contribution < -0.4 is 5.32 Å². The number of ether oxygens (including phenoxy) is 1. The van der Waals surface area contributed by atoms with Crippen molar-refractivity contribution in [2.75, 3.05) is 33.4 Å². The van der Waals surface area contributed by atoms with Crippen molar-refractivity contribution < 1.29 is 19.1 Å². The minimum atomic E-state index is -0.668. The molecule has 0 spiro atoms. The second-order valence-corrected chi connectivity index (χ2v) is 7.06. The highest BCUT2D eigenvalue weighted by Gasteiger charge is 2.23. The van der Waals surface area contributed by atoms with Crippen molar-refractivity contribution in [1.82, 2.24) is 14.8 Å². The van der Waals surface area contributed by atoms with E-state index in [0.717, 1.165) is 44.3 Å². The number of carbonyl (C=O) groups excluding carboxylic acids is 3. The minimum Gasteiger partial charge on any atom is -0.383 e. The lowest BCUT2D eigenvalue weighted by Gasteiger charge is -2.20. The Balaban J connectivity index is 1.81. The highest BCUT2D eigenvalue weighted by Crippen LogP contribution is 2.22. The first-order valence-electron chi connectivity index (χ1n) is 9.79. The Bertz CT molecular complexity index is 850. The van der Waals surface area contributed by atoms with Crippen molar-refractivity contribution in [3.05, 3.63) is 36.0 Å². The van der Waals surface area contributed by atoms with Gasteiger partial charge in [0, 0.05) is 43.8 Å². The highest BCUT2D eigenvalue weighted by molar-refractivity contribution is 6.45. The third kappa shape index (κ3) is 4.59. The number of nitrogens with one attached hydrogen (secondary N) is 1. The number of benzene rings is 1. The fourth-order valence-corrected chi connectivity index (χ4v) is 3.59. The summed E-state index contributed by atoms with van der Waals surface area (Å²) in [4.78, 5) is 39.5. The summed E-state index contributed by atoms with van der Waals surface area (Å²) >= 11 is 0. The number of fused-ring (bicyclic) bond motifs is 1. The third-order valence-electron chi connectivity index (χ3n) is 5.10. The number of likely N-dealkylation sites (tertiary alicyclic amines) is 1. The number of hydrogen-bond donors (Lipinski definition) is 1. The van der Waals surface area contributed by atoms with Crippen molar-refractivity contribution in [2.45, 2.75) is 32.2 Å². The van der Waals surface area contributed by atoms with Crippen LogP contribution in [0.25, 0.3) is 10.9 Å². The van der Waals surface area contributed by atoms with Gasteiger partial charge in [0.15, 0.2) is 0 Å². The maximum Gasteiger partial charge on any atom is 0.292 e. The zero-order valence-electron chi connectivity index (χ0n) is 16.3. The second kappa shape index (κ2) is 9.50. The summed E-state index contributed by atoms with van der Waals surface area (Å²) in [6.07, 6.45) is 6.01. The SMILES string of the molecule is COCCNC(=O)C(=O)c1cn(CC(=O)N2CCCCCC2)c2ccccc12. The van der Waals surface area contributed by atoms with Gasteiger partial charge < -0.3 is 19.5 Å². The smallest absolute Gasteiger partial charge is 0.292 e. The largest absolute Gasteiger partial charge is 0.383 e. The van der Waals surface area contributed by atoms with E-state index in [2.05, 4.69) is 5.32 Å². The Morgan fingerprint density at radius 1 is 1.07 bits per heavy atom. The van der Waals surface area contributed by atoms with Crippen LogP contribution in [-0.4, -0.2) is 60.4 Å². The number of amides is 2. The maximum absolute atomic E-state index is 12.8. The molecule has 0 radical (unpaired) electrons. The molecule has 150 valence electrons. The molecule has 0 aliphatic carbocycles. The molecule has 0 unspecified atom stereocenters. The van der Waals surface area contributed by atoms with E-state index in [4.69, 9.17) is 4.74 Å². The summed E-state index contributed by atoms with van der Waals surface area (Å²) in [6.45, 7) is 2.34. The van der Waals surface area contributed by atoms with Crippen molar-refractivity contribution in [2.24, 2.45) is 0 Å². The Morgan fingerprint density at radius 3 is 2.50 bits per heavy atom. The number of Topliss-reactive ketones (excluding diaryl/α,β-unsaturated/α-hetero) is 1. The van der Waals surface area contributed by atoms with Gasteiger partial charge in [0.1, 0.15) is 6.54 Å². The van der Waals surface area contributed by atoms with Gasteiger partial charge in [0.25, 0.3) is 11.7 Å². The van der Waals surface area contributed by atoms with E-state index in [9.17, 15) is 14.4 Å². The van der Waals surface area contributed by atoms with Gasteiger partial charge in [0.05, 0.1) is 12.2 Å². The summed E-state index contributed by atoms with van der Waals surface area (Å²) < 4.78 is 6.67. The quantitative estimate of drug-likeness (QED) is 0.449. The van der Waals surface area contributed by atoms with Gasteiger partial charge in [0.2, 0.25) is 5.91 Å². The number of rotatable bonds is 7. The summed E-state index contributed by atoms with van der Waals surface area (Å²) in [5.74, 6) is -1.22. The van der Waals surface area contributed by atoms with E-state index in [1.807, 2.05) is 23.1 Å². The second-order valence-electron chi connectivity index (χ2n) is 7.06. The number of hydrogen-bond acceptors (Lipinski definition) is 4. The zero-order valence-corrected chi connectivity index (χ0v) is 16.3. The molecule has 1 aromatic heterocycles. The standard InChI is InChI=1S/C21H27N3O4/c1-28-13-10-22-21(27)20(26)17-14-24(18-9-5-4-8-16(17)18)15-19(25)23-11-6-2-3-7-12-23/h4-5,8-9,14H,2-3,6-7,10-13,15H2,1H3,(H,22,27). The fourth-order valence-electron chi connectivity index (χ4n) is 3.59. The van der Waals surface area contributed by atoms with E-state index in [0.29, 0.717) is 17.6 Å². The molecule has 1 aliphatic heterocycles. The van der Waals surface area contributed by atoms with Crippen LogP contribution in [0.1, 0.15) is 36.0 Å². The highest BCUT2D eigenvalue weighted by atomic mass is 16.5. The lowest BCUT2D eigenvalue weighted by molar-refractivity contribution is -0.131. The molecule has 2 amide bonds. The van der Waals surface area contributed by atoms with Gasteiger partial charge in [-0.1, -0.05) is 31.0 Å². The first-order valence-corrected chi connectivity index (χ1v) is 9.79. The number of carbonyl (C=O) groups is 3. The molecule has 2 heterocycles. The van der Waals surface area contributed by atoms with Crippen molar-refractivity contribution >= 4 is 28.5 Å². The van der Waals surface area contributed by atoms with Crippen molar-refractivity contribution in [3.63, 3.8) is 0 Å². The normalized spacial score (nSPS) is 14.7. The van der Waals surface area contributed by atoms with Gasteiger partial charge in [-0.05, 0) is 18.9 Å². The molecule has 3 rings (SSSR count). The Labute approximate surface area is 164 Å². The summed E-state index contributed by atoms with van der Waals surface area (Å²) in [6, 6.07) is 7.35. The van der Waals surface area contributed by atoms with Crippen LogP contribution in [0.4, 0.5) is 0 Å². The van der Waals surface area contributed by atoms with E-state index in [1.54, 1.807) is 16.8 Å². The van der Waals surface area contributed by atoms with Crippen LogP contribution in [-0.2, 0) is 20.9 Å². The lowest BCUT2D eigenvalue weighted by atomic mass is 10.1. The molecule has 0 saturated carbocycles. The topological polar surface area (TPSA) is 80.6 Å². The number of methoxy groups -OCH3 is 1. The van der Waals surface area contributed by atoms with Crippen LogP contribution in [0.3, 0.4) is 0 Å². The summed E-state index contributed by atoms with van der Waals surface area (Å²) in [5, 5.41) is 3.24. The van der Waals surface area contributed by atoms with Crippen molar-refractivity contribution in [1.29, 1.82) is 0 Å². The van der Waals surface area contributed by atoms with E-state index in [1.165, 1.54) is 7.11 Å². The van der Waals surface area contributed by atoms with Gasteiger partial charge >= 0.3 is 0 Å². The fraction of sp³-hybridized carbons (Fsp3) is 0.476. The summed E-state index contributed by atoms with van der Waals surface area (Å²) in [5.41, 5.74) is 1.09. The Kier molecular flexibility index (Phi) is 6.81. The zero-order chi connectivity index (χ0) is 19.9. The van der Waals surface area contributed by atoms with E-state index < -0.39 is 11.7 Å². The van der Waals surface area contributed by atoms with E-state index >= 15 is 0 Å². The van der Waals surface area contributed by atoms with Crippen LogP contribution in [0.5, 0.6) is 0 Å². The number of aromatic nitrogens is 1. The average molecular weight is 385 g/mol. The molecule has 7 nitrogen and oxygen atoms in total. The number of nitrogens with zero attached hydrogens (tertiary/aromatic N) is 2. The first kappa shape index (κ1) is 20.1. The van der Waals surface area contributed by atoms with Crippen LogP contribution in [0, 0.1) is 0 Å². The predicted octanol–water partition coefficient (Wildman–Crippen LogP) is 1.99. The molecule has 0 bridgehead atoms. The molecule has 7 heteroatoms. The molecular weight excluding hydrogens is 358 g/mol. The third-order valence-corrected chi connectivity index (χ3v) is 5.10. The number of para-hydroxylation sites is 1. The van der Waals surface area contributed by atoms with Gasteiger partial charge in [-0.2, -0.15) is 0 Å². The van der Waals surface area contributed by atoms with Crippen LogP contribution >= 0.6 is 0 Å². The van der Waals surface area contributed by atoms with Gasteiger partial charge in [-0.15, -0.1) is 0 Å². The Morgan fingerprint density at radius 2 is 1.79 bits per heavy atom. The van der Waals surface area contributed by atoms with E-state index in [-0.39, 0.29) is 19.0 Å². The molecule has 1 aromatic carbocycles. The van der Waals surface area contributed by atoms with Crippen LogP contribution in [0.15, 0.2) is 30.5 Å². The minimum absolute atomic E-state index is 0.0474. The molecule has 2 aromatic rings. The molecular formula is C21H27N3O4. The lowest BCUT2D eigenvalue weighted by Crippen LogP contribution is -2.34. The first-order chi connectivity index (χ1) is 13.6. The number of ketones is 1. The molecule has 28 heavy (non-hydrogen) atoms. The molecule has 1 aliphatic rings. The molecule has 0 atom stereocenters. The monoisotopic (exact) mass is 385 g/mol. The van der Waals surface area contributed by atoms with Gasteiger partial charge in [-0.3, -0.25) is 14.4 Å². The summed E-state index contributed by atoms with van der Waals surface area (Å²) in [7, 11) is 1.53. The molecule has 1 fully saturated rings. The predicted molar refractivity (Wildman–Crippen MR) is 106 cm³/mol. The molecule has 1 saturated heterocycles. The maximum atomic E-state index is 12.8. The molecule has 1 N–H and O–H groups in total. The van der Waals surface area contributed by atoms with Crippen molar-refractivity contribution in [3.8, 4) is 0 Å². The van der Waals surface area contributed by atoms with Crippen LogP contribution in [0.2, 0.25) is 0 Å². The van der Waals surface area contributed by atoms with Gasteiger partial charge in [-0.25, -0.2) is 0 Å².